The molecular formula is C21H28N2O3S. The van der Waals surface area contributed by atoms with Crippen LogP contribution in [0, 0.1) is 19.8 Å². The molecular weight excluding hydrogens is 360 g/mol. The molecule has 0 aliphatic rings. The molecule has 27 heavy (non-hydrogen) atoms. The van der Waals surface area contributed by atoms with Crippen molar-refractivity contribution in [1.82, 2.24) is 5.32 Å². The molecule has 0 fully saturated rings. The number of hydrogen-bond acceptors (Lipinski definition) is 3. The van der Waals surface area contributed by atoms with E-state index in [1.807, 2.05) is 45.9 Å². The lowest BCUT2D eigenvalue weighted by atomic mass is 10.1. The van der Waals surface area contributed by atoms with Gasteiger partial charge in [0.2, 0.25) is 0 Å². The first-order chi connectivity index (χ1) is 12.7. The van der Waals surface area contributed by atoms with E-state index in [2.05, 4.69) is 10.0 Å². The molecule has 0 aliphatic heterocycles. The second kappa shape index (κ2) is 8.57. The van der Waals surface area contributed by atoms with E-state index in [4.69, 9.17) is 0 Å². The van der Waals surface area contributed by atoms with Crippen molar-refractivity contribution in [3.8, 4) is 0 Å². The Labute approximate surface area is 162 Å². The molecule has 2 aromatic carbocycles. The maximum absolute atomic E-state index is 12.9. The second-order valence-electron chi connectivity index (χ2n) is 7.15. The summed E-state index contributed by atoms with van der Waals surface area (Å²) in [6.45, 7) is 10.2. The van der Waals surface area contributed by atoms with Gasteiger partial charge in [0, 0.05) is 12.1 Å². The molecule has 2 N–H and O–H groups in total. The van der Waals surface area contributed by atoms with Gasteiger partial charge >= 0.3 is 0 Å². The van der Waals surface area contributed by atoms with Gasteiger partial charge in [0.05, 0.1) is 10.6 Å². The Morgan fingerprint density at radius 1 is 1.07 bits per heavy atom. The van der Waals surface area contributed by atoms with Crippen LogP contribution in [0.2, 0.25) is 0 Å². The summed E-state index contributed by atoms with van der Waals surface area (Å²) in [5.41, 5.74) is 3.51. The minimum absolute atomic E-state index is 0.0769. The molecule has 0 heterocycles. The Balaban J connectivity index is 2.37. The molecule has 0 bridgehead atoms. The Kier molecular flexibility index (Phi) is 6.65. The molecule has 0 unspecified atom stereocenters. The lowest BCUT2D eigenvalue weighted by molar-refractivity contribution is 0.0948. The highest BCUT2D eigenvalue weighted by Crippen LogP contribution is 2.25. The Hall–Kier alpha value is -2.34. The predicted octanol–water partition coefficient (Wildman–Crippen LogP) is 4.05. The van der Waals surface area contributed by atoms with Crippen LogP contribution in [0.25, 0.3) is 0 Å². The molecule has 0 radical (unpaired) electrons. The average molecular weight is 389 g/mol. The summed E-state index contributed by atoms with van der Waals surface area (Å²) in [5.74, 6) is 0.0553. The fourth-order valence-electron chi connectivity index (χ4n) is 2.77. The number of anilines is 1. The number of rotatable bonds is 7. The summed E-state index contributed by atoms with van der Waals surface area (Å²) in [6.07, 6.45) is 0.719. The molecule has 0 saturated carbocycles. The number of nitrogens with one attached hydrogen (secondary N) is 2. The van der Waals surface area contributed by atoms with Crippen LogP contribution in [0.1, 0.15) is 47.8 Å². The van der Waals surface area contributed by atoms with Gasteiger partial charge in [-0.1, -0.05) is 45.0 Å². The fraction of sp³-hybridized carbons (Fsp3) is 0.381. The maximum Gasteiger partial charge on any atom is 0.261 e. The van der Waals surface area contributed by atoms with Crippen molar-refractivity contribution >= 4 is 21.6 Å². The fourth-order valence-corrected chi connectivity index (χ4v) is 3.97. The summed E-state index contributed by atoms with van der Waals surface area (Å²) >= 11 is 0. The zero-order valence-electron chi connectivity index (χ0n) is 16.6. The van der Waals surface area contributed by atoms with E-state index in [1.54, 1.807) is 13.0 Å². The van der Waals surface area contributed by atoms with Gasteiger partial charge in [-0.2, -0.15) is 0 Å². The first-order valence-electron chi connectivity index (χ1n) is 9.15. The van der Waals surface area contributed by atoms with E-state index in [9.17, 15) is 13.2 Å². The van der Waals surface area contributed by atoms with Crippen molar-refractivity contribution in [2.75, 3.05) is 11.3 Å². The number of carbonyl (C=O) groups is 1. The monoisotopic (exact) mass is 388 g/mol. The lowest BCUT2D eigenvalue weighted by Crippen LogP contribution is -2.28. The zero-order chi connectivity index (χ0) is 20.2. The smallest absolute Gasteiger partial charge is 0.261 e. The first-order valence-corrected chi connectivity index (χ1v) is 10.6. The third-order valence-electron chi connectivity index (χ3n) is 4.41. The molecule has 0 aromatic heterocycles. The van der Waals surface area contributed by atoms with E-state index in [0.29, 0.717) is 23.7 Å². The minimum atomic E-state index is -3.80. The molecule has 1 amide bonds. The van der Waals surface area contributed by atoms with Crippen molar-refractivity contribution in [1.29, 1.82) is 0 Å². The number of benzene rings is 2. The molecule has 2 rings (SSSR count). The van der Waals surface area contributed by atoms with E-state index >= 15 is 0 Å². The standard InChI is InChI=1S/C21H28N2O3S/c1-6-17-9-7-8-16(5)20(17)23-27(25,26)18-11-10-15(4)19(12-18)21(24)22-13-14(2)3/h7-12,14,23H,6,13H2,1-5H3,(H,22,24). The SMILES string of the molecule is CCc1cccc(C)c1NS(=O)(=O)c1ccc(C)c(C(=O)NCC(C)C)c1. The molecule has 5 nitrogen and oxygen atoms in total. The Morgan fingerprint density at radius 3 is 2.41 bits per heavy atom. The molecule has 6 heteroatoms. The van der Waals surface area contributed by atoms with Crippen molar-refractivity contribution in [3.63, 3.8) is 0 Å². The molecule has 0 aliphatic carbocycles. The van der Waals surface area contributed by atoms with Gasteiger partial charge in [0.1, 0.15) is 0 Å². The number of carbonyl (C=O) groups excluding carboxylic acids is 1. The Bertz CT molecular complexity index is 934. The third-order valence-corrected chi connectivity index (χ3v) is 5.76. The number of para-hydroxylation sites is 1. The summed E-state index contributed by atoms with van der Waals surface area (Å²) in [6, 6.07) is 10.3. The van der Waals surface area contributed by atoms with Crippen molar-refractivity contribution in [2.24, 2.45) is 5.92 Å². The van der Waals surface area contributed by atoms with Crippen molar-refractivity contribution in [2.45, 2.75) is 45.9 Å². The molecule has 2 aromatic rings. The van der Waals surface area contributed by atoms with Gasteiger partial charge in [-0.3, -0.25) is 9.52 Å². The van der Waals surface area contributed by atoms with Crippen LogP contribution in [-0.4, -0.2) is 20.9 Å². The lowest BCUT2D eigenvalue weighted by Gasteiger charge is -2.16. The van der Waals surface area contributed by atoms with Crippen LogP contribution in [0.5, 0.6) is 0 Å². The van der Waals surface area contributed by atoms with Crippen LogP contribution in [0.15, 0.2) is 41.3 Å². The normalized spacial score (nSPS) is 11.5. The largest absolute Gasteiger partial charge is 0.352 e. The highest BCUT2D eigenvalue weighted by atomic mass is 32.2. The minimum Gasteiger partial charge on any atom is -0.352 e. The number of sulfonamides is 1. The summed E-state index contributed by atoms with van der Waals surface area (Å²) < 4.78 is 28.6. The molecule has 146 valence electrons. The van der Waals surface area contributed by atoms with E-state index < -0.39 is 10.0 Å². The van der Waals surface area contributed by atoms with Crippen molar-refractivity contribution < 1.29 is 13.2 Å². The van der Waals surface area contributed by atoms with Crippen LogP contribution in [-0.2, 0) is 16.4 Å². The first kappa shape index (κ1) is 21.0. The van der Waals surface area contributed by atoms with Gasteiger partial charge in [-0.25, -0.2) is 8.42 Å². The van der Waals surface area contributed by atoms with Gasteiger partial charge in [-0.15, -0.1) is 0 Å². The van der Waals surface area contributed by atoms with Crippen LogP contribution in [0.3, 0.4) is 0 Å². The molecule has 0 atom stereocenters. The van der Waals surface area contributed by atoms with Crippen LogP contribution < -0.4 is 10.0 Å². The topological polar surface area (TPSA) is 75.3 Å². The van der Waals surface area contributed by atoms with E-state index in [0.717, 1.165) is 23.1 Å². The third kappa shape index (κ3) is 5.10. The summed E-state index contributed by atoms with van der Waals surface area (Å²) in [7, 11) is -3.80. The van der Waals surface area contributed by atoms with Crippen molar-refractivity contribution in [3.05, 3.63) is 58.7 Å². The number of hydrogen-bond donors (Lipinski definition) is 2. The van der Waals surface area contributed by atoms with E-state index in [1.165, 1.54) is 12.1 Å². The zero-order valence-corrected chi connectivity index (χ0v) is 17.4. The average Bonchev–Trinajstić information content (AvgIpc) is 2.61. The van der Waals surface area contributed by atoms with Crippen LogP contribution in [0.4, 0.5) is 5.69 Å². The highest BCUT2D eigenvalue weighted by molar-refractivity contribution is 7.92. The predicted molar refractivity (Wildman–Crippen MR) is 110 cm³/mol. The summed E-state index contributed by atoms with van der Waals surface area (Å²) in [5, 5.41) is 2.84. The highest BCUT2D eigenvalue weighted by Gasteiger charge is 2.20. The van der Waals surface area contributed by atoms with Gasteiger partial charge in [0.15, 0.2) is 0 Å². The van der Waals surface area contributed by atoms with Gasteiger partial charge < -0.3 is 5.32 Å². The van der Waals surface area contributed by atoms with Crippen LogP contribution >= 0.6 is 0 Å². The summed E-state index contributed by atoms with van der Waals surface area (Å²) in [4.78, 5) is 12.5. The van der Waals surface area contributed by atoms with E-state index in [-0.39, 0.29) is 10.8 Å². The number of amides is 1. The van der Waals surface area contributed by atoms with Gasteiger partial charge in [-0.05, 0) is 55.0 Å². The van der Waals surface area contributed by atoms with Gasteiger partial charge in [0.25, 0.3) is 15.9 Å². The molecule has 0 saturated heterocycles. The Morgan fingerprint density at radius 2 is 1.78 bits per heavy atom. The second-order valence-corrected chi connectivity index (χ2v) is 8.83. The molecule has 0 spiro atoms. The number of aryl methyl sites for hydroxylation is 3. The quantitative estimate of drug-likeness (QED) is 0.751. The maximum atomic E-state index is 12.9.